The van der Waals surface area contributed by atoms with Gasteiger partial charge in [0.1, 0.15) is 5.75 Å². The first kappa shape index (κ1) is 15.6. The highest BCUT2D eigenvalue weighted by molar-refractivity contribution is 5.94. The van der Waals surface area contributed by atoms with Crippen LogP contribution >= 0.6 is 0 Å². The van der Waals surface area contributed by atoms with Crippen LogP contribution in [0, 0.1) is 5.92 Å². The molecule has 0 aromatic heterocycles. The maximum atomic E-state index is 12.2. The highest BCUT2D eigenvalue weighted by Crippen LogP contribution is 2.29. The molecule has 1 aliphatic rings. The second-order valence-electron chi connectivity index (χ2n) is 5.09. The molecule has 3 N–H and O–H groups in total. The van der Waals surface area contributed by atoms with Crippen LogP contribution in [0.15, 0.2) is 24.3 Å². The third-order valence-electron chi connectivity index (χ3n) is 3.44. The SMILES string of the molecule is NC1CCCC1C(=O)Nc1ccccc1OCC(F)(F)F. The number of amides is 1. The monoisotopic (exact) mass is 302 g/mol. The number of benzene rings is 1. The zero-order chi connectivity index (χ0) is 15.5. The molecule has 2 rings (SSSR count). The van der Waals surface area contributed by atoms with E-state index < -0.39 is 12.8 Å². The van der Waals surface area contributed by atoms with E-state index in [9.17, 15) is 18.0 Å². The number of carbonyl (C=O) groups excluding carboxylic acids is 1. The second-order valence-corrected chi connectivity index (χ2v) is 5.09. The Morgan fingerprint density at radius 1 is 1.33 bits per heavy atom. The standard InChI is InChI=1S/C14H17F3N2O2/c15-14(16,17)8-21-12-7-2-1-6-11(12)19-13(20)9-4-3-5-10(9)18/h1-2,6-7,9-10H,3-5,8,18H2,(H,19,20). The molecule has 0 bridgehead atoms. The number of nitrogens with one attached hydrogen (secondary N) is 1. The normalized spacial score (nSPS) is 22.1. The Labute approximate surface area is 120 Å². The third kappa shape index (κ3) is 4.35. The quantitative estimate of drug-likeness (QED) is 0.899. The van der Waals surface area contributed by atoms with Crippen LogP contribution in [-0.4, -0.2) is 24.7 Å². The average Bonchev–Trinajstić information content (AvgIpc) is 2.83. The van der Waals surface area contributed by atoms with Crippen molar-refractivity contribution >= 4 is 11.6 Å². The Balaban J connectivity index is 2.04. The number of anilines is 1. The van der Waals surface area contributed by atoms with Crippen LogP contribution in [0.3, 0.4) is 0 Å². The Kier molecular flexibility index (Phi) is 4.72. The summed E-state index contributed by atoms with van der Waals surface area (Å²) in [5, 5.41) is 2.61. The van der Waals surface area contributed by atoms with Crippen molar-refractivity contribution in [2.24, 2.45) is 11.7 Å². The first-order valence-electron chi connectivity index (χ1n) is 6.72. The van der Waals surface area contributed by atoms with Crippen molar-refractivity contribution in [1.29, 1.82) is 0 Å². The van der Waals surface area contributed by atoms with E-state index in [1.807, 2.05) is 0 Å². The second kappa shape index (κ2) is 6.34. The molecule has 0 saturated heterocycles. The number of para-hydroxylation sites is 2. The van der Waals surface area contributed by atoms with Crippen molar-refractivity contribution in [3.8, 4) is 5.75 Å². The summed E-state index contributed by atoms with van der Waals surface area (Å²) < 4.78 is 41.3. The van der Waals surface area contributed by atoms with Crippen molar-refractivity contribution in [2.75, 3.05) is 11.9 Å². The number of hydrogen-bond donors (Lipinski definition) is 2. The molecule has 2 unspecified atom stereocenters. The molecule has 2 atom stereocenters. The minimum absolute atomic E-state index is 0.00487. The lowest BCUT2D eigenvalue weighted by atomic mass is 10.0. The Morgan fingerprint density at radius 3 is 2.67 bits per heavy atom. The van der Waals surface area contributed by atoms with Gasteiger partial charge < -0.3 is 15.8 Å². The molecule has 1 amide bonds. The van der Waals surface area contributed by atoms with Gasteiger partial charge in [-0.15, -0.1) is 0 Å². The molecular weight excluding hydrogens is 285 g/mol. The van der Waals surface area contributed by atoms with Gasteiger partial charge in [-0.05, 0) is 25.0 Å². The maximum Gasteiger partial charge on any atom is 0.422 e. The fourth-order valence-electron chi connectivity index (χ4n) is 2.40. The molecule has 0 heterocycles. The first-order valence-corrected chi connectivity index (χ1v) is 6.72. The van der Waals surface area contributed by atoms with Gasteiger partial charge in [-0.25, -0.2) is 0 Å². The number of carbonyl (C=O) groups is 1. The number of alkyl halides is 3. The van der Waals surface area contributed by atoms with E-state index in [0.29, 0.717) is 6.42 Å². The largest absolute Gasteiger partial charge is 0.482 e. The minimum Gasteiger partial charge on any atom is -0.482 e. The van der Waals surface area contributed by atoms with Crippen LogP contribution in [0.1, 0.15) is 19.3 Å². The van der Waals surface area contributed by atoms with Crippen molar-refractivity contribution in [2.45, 2.75) is 31.5 Å². The lowest BCUT2D eigenvalue weighted by Gasteiger charge is -2.17. The van der Waals surface area contributed by atoms with E-state index in [2.05, 4.69) is 5.32 Å². The number of rotatable bonds is 4. The lowest BCUT2D eigenvalue weighted by molar-refractivity contribution is -0.153. The van der Waals surface area contributed by atoms with Crippen LogP contribution in [0.25, 0.3) is 0 Å². The molecule has 0 spiro atoms. The maximum absolute atomic E-state index is 12.2. The summed E-state index contributed by atoms with van der Waals surface area (Å²) in [6.07, 6.45) is -2.07. The summed E-state index contributed by atoms with van der Waals surface area (Å²) in [6.45, 7) is -1.40. The molecule has 1 aliphatic carbocycles. The number of nitrogens with two attached hydrogens (primary N) is 1. The zero-order valence-corrected chi connectivity index (χ0v) is 11.3. The molecule has 1 aromatic rings. The van der Waals surface area contributed by atoms with E-state index in [1.165, 1.54) is 12.1 Å². The Morgan fingerprint density at radius 2 is 2.05 bits per heavy atom. The van der Waals surface area contributed by atoms with Crippen LogP contribution < -0.4 is 15.8 Å². The molecule has 4 nitrogen and oxygen atoms in total. The average molecular weight is 302 g/mol. The van der Waals surface area contributed by atoms with Crippen molar-refractivity contribution in [1.82, 2.24) is 0 Å². The summed E-state index contributed by atoms with van der Waals surface area (Å²) in [7, 11) is 0. The molecule has 116 valence electrons. The van der Waals surface area contributed by atoms with E-state index in [1.54, 1.807) is 12.1 Å². The topological polar surface area (TPSA) is 64.4 Å². The molecule has 1 fully saturated rings. The molecular formula is C14H17F3N2O2. The Bertz CT molecular complexity index is 505. The summed E-state index contributed by atoms with van der Waals surface area (Å²) in [4.78, 5) is 12.1. The van der Waals surface area contributed by atoms with Gasteiger partial charge >= 0.3 is 6.18 Å². The highest BCUT2D eigenvalue weighted by atomic mass is 19.4. The van der Waals surface area contributed by atoms with Gasteiger partial charge in [0, 0.05) is 6.04 Å². The van der Waals surface area contributed by atoms with Gasteiger partial charge in [0.15, 0.2) is 6.61 Å². The van der Waals surface area contributed by atoms with E-state index in [4.69, 9.17) is 10.5 Å². The Hall–Kier alpha value is -1.76. The van der Waals surface area contributed by atoms with Gasteiger partial charge in [-0.2, -0.15) is 13.2 Å². The summed E-state index contributed by atoms with van der Waals surface area (Å²) in [6, 6.07) is 5.85. The fourth-order valence-corrected chi connectivity index (χ4v) is 2.40. The predicted octanol–water partition coefficient (Wildman–Crippen LogP) is 2.69. The third-order valence-corrected chi connectivity index (χ3v) is 3.44. The highest BCUT2D eigenvalue weighted by Gasteiger charge is 2.31. The van der Waals surface area contributed by atoms with Crippen molar-refractivity contribution in [3.63, 3.8) is 0 Å². The van der Waals surface area contributed by atoms with Crippen molar-refractivity contribution < 1.29 is 22.7 Å². The van der Waals surface area contributed by atoms with E-state index in [0.717, 1.165) is 12.8 Å². The lowest BCUT2D eigenvalue weighted by Crippen LogP contribution is -2.34. The molecule has 1 aromatic carbocycles. The first-order chi connectivity index (χ1) is 9.87. The molecule has 0 aliphatic heterocycles. The van der Waals surface area contributed by atoms with E-state index >= 15 is 0 Å². The zero-order valence-electron chi connectivity index (χ0n) is 11.3. The van der Waals surface area contributed by atoms with Crippen LogP contribution in [0.4, 0.5) is 18.9 Å². The van der Waals surface area contributed by atoms with Gasteiger partial charge in [-0.1, -0.05) is 18.6 Å². The number of hydrogen-bond acceptors (Lipinski definition) is 3. The molecule has 1 saturated carbocycles. The van der Waals surface area contributed by atoms with Crippen LogP contribution in [-0.2, 0) is 4.79 Å². The summed E-state index contributed by atoms with van der Waals surface area (Å²) >= 11 is 0. The molecule has 0 radical (unpaired) electrons. The number of ether oxygens (including phenoxy) is 1. The van der Waals surface area contributed by atoms with Gasteiger partial charge in [0.25, 0.3) is 0 Å². The number of halogens is 3. The summed E-state index contributed by atoms with van der Waals surface area (Å²) in [5.41, 5.74) is 6.07. The van der Waals surface area contributed by atoms with Crippen LogP contribution in [0.2, 0.25) is 0 Å². The fraction of sp³-hybridized carbons (Fsp3) is 0.500. The van der Waals surface area contributed by atoms with Crippen molar-refractivity contribution in [3.05, 3.63) is 24.3 Å². The molecule has 7 heteroatoms. The van der Waals surface area contributed by atoms with Gasteiger partial charge in [0.2, 0.25) is 5.91 Å². The van der Waals surface area contributed by atoms with Gasteiger partial charge in [-0.3, -0.25) is 4.79 Å². The smallest absolute Gasteiger partial charge is 0.422 e. The molecule has 21 heavy (non-hydrogen) atoms. The summed E-state index contributed by atoms with van der Waals surface area (Å²) in [5.74, 6) is -0.585. The van der Waals surface area contributed by atoms with Crippen LogP contribution in [0.5, 0.6) is 5.75 Å². The minimum atomic E-state index is -4.43. The van der Waals surface area contributed by atoms with Gasteiger partial charge in [0.05, 0.1) is 11.6 Å². The predicted molar refractivity (Wildman–Crippen MR) is 71.9 cm³/mol. The van der Waals surface area contributed by atoms with E-state index in [-0.39, 0.29) is 29.3 Å².